The van der Waals surface area contributed by atoms with Gasteiger partial charge in [0.25, 0.3) is 0 Å². The first kappa shape index (κ1) is 32.0. The van der Waals surface area contributed by atoms with Crippen LogP contribution in [0.3, 0.4) is 0 Å². The molecule has 2 heterocycles. The second-order valence-electron chi connectivity index (χ2n) is 15.9. The number of hydrogen-bond acceptors (Lipinski definition) is 2. The largest absolute Gasteiger partial charge is 0.337 e. The Balaban J connectivity index is 0.916. The molecule has 0 radical (unpaired) electrons. The zero-order chi connectivity index (χ0) is 35.8. The number of anilines is 1. The van der Waals surface area contributed by atoms with Gasteiger partial charge < -0.3 is 4.90 Å². The van der Waals surface area contributed by atoms with Crippen LogP contribution in [0.15, 0.2) is 163 Å². The molecular weight excluding hydrogens is 671 g/mol. The van der Waals surface area contributed by atoms with Gasteiger partial charge in [-0.1, -0.05) is 147 Å². The SMILES string of the molecule is C[C@@H]1c2ccc(C3=CC4C(C=C3)c3ccccc3N4C3=Cc4c(sc5ccccc45)CC3)cc2-c2ccccc2[C@@H]1CC1C=CC(c2ccccc2)=CC1. The zero-order valence-electron chi connectivity index (χ0n) is 30.7. The molecule has 1 aromatic heterocycles. The first-order chi connectivity index (χ1) is 26.7. The van der Waals surface area contributed by atoms with Crippen molar-refractivity contribution in [3.8, 4) is 11.1 Å². The molecule has 3 unspecified atom stereocenters. The van der Waals surface area contributed by atoms with Crippen LogP contribution in [0.25, 0.3) is 38.4 Å². The molecule has 4 aliphatic carbocycles. The minimum absolute atomic E-state index is 0.256. The molecule has 0 amide bonds. The maximum absolute atomic E-state index is 2.68. The topological polar surface area (TPSA) is 3.24 Å². The van der Waals surface area contributed by atoms with E-state index in [4.69, 9.17) is 0 Å². The number of allylic oxidation sites excluding steroid dienone is 7. The summed E-state index contributed by atoms with van der Waals surface area (Å²) in [5.41, 5.74) is 16.8. The summed E-state index contributed by atoms with van der Waals surface area (Å²) in [6, 6.07) is 45.7. The standard InChI is InChI=1S/C52H43NS/c1-33-40-26-23-37(30-47(40)42-14-6-5-13-41(42)46(33)29-34-19-21-36(22-20-34)35-11-3-2-4-12-35)38-24-27-44-43-15-7-9-17-49(43)53(50(44)31-38)39-25-28-52-48(32-39)45-16-8-10-18-51(45)54-52/h2-19,21-24,26-27,30-34,44,46,50H,20,25,28-29H2,1H3/t33-,34?,44?,46-,50?/m1/s1. The van der Waals surface area contributed by atoms with E-state index in [0.29, 0.717) is 23.7 Å². The highest BCUT2D eigenvalue weighted by Crippen LogP contribution is 2.52. The van der Waals surface area contributed by atoms with Gasteiger partial charge in [-0.05, 0) is 123 Å². The fourth-order valence-electron chi connectivity index (χ4n) is 10.3. The van der Waals surface area contributed by atoms with Gasteiger partial charge in [0.1, 0.15) is 0 Å². The average Bonchev–Trinajstić information content (AvgIpc) is 3.77. The molecule has 54 heavy (non-hydrogen) atoms. The first-order valence-electron chi connectivity index (χ1n) is 19.8. The predicted molar refractivity (Wildman–Crippen MR) is 230 cm³/mol. The summed E-state index contributed by atoms with van der Waals surface area (Å²) in [4.78, 5) is 4.20. The van der Waals surface area contributed by atoms with Crippen LogP contribution in [0, 0.1) is 5.92 Å². The van der Waals surface area contributed by atoms with Crippen LogP contribution in [-0.4, -0.2) is 6.04 Å². The molecule has 0 bridgehead atoms. The number of rotatable bonds is 5. The Morgan fingerprint density at radius 1 is 0.685 bits per heavy atom. The van der Waals surface area contributed by atoms with E-state index in [1.54, 1.807) is 0 Å². The summed E-state index contributed by atoms with van der Waals surface area (Å²) >= 11 is 1.97. The molecular formula is C52H43NS. The Labute approximate surface area is 323 Å². The fourth-order valence-corrected chi connectivity index (χ4v) is 11.4. The molecule has 0 saturated carbocycles. The molecule has 11 rings (SSSR count). The van der Waals surface area contributed by atoms with E-state index in [0.717, 1.165) is 19.3 Å². The van der Waals surface area contributed by atoms with E-state index >= 15 is 0 Å². The maximum Gasteiger partial charge on any atom is 0.0632 e. The van der Waals surface area contributed by atoms with Crippen LogP contribution >= 0.6 is 11.3 Å². The second kappa shape index (κ2) is 12.9. The Hall–Kier alpha value is -5.44. The smallest absolute Gasteiger partial charge is 0.0632 e. The summed E-state index contributed by atoms with van der Waals surface area (Å²) in [6.07, 6.45) is 21.7. The van der Waals surface area contributed by atoms with Crippen LogP contribution in [0.4, 0.5) is 5.69 Å². The summed E-state index contributed by atoms with van der Waals surface area (Å²) in [5.74, 6) is 1.84. The Morgan fingerprint density at radius 3 is 2.37 bits per heavy atom. The van der Waals surface area contributed by atoms with Crippen molar-refractivity contribution in [2.45, 2.75) is 56.4 Å². The fraction of sp³-hybridized carbons (Fsp3) is 0.192. The molecule has 1 aliphatic heterocycles. The van der Waals surface area contributed by atoms with Gasteiger partial charge in [-0.2, -0.15) is 0 Å². The molecule has 0 spiro atoms. The maximum atomic E-state index is 2.68. The Morgan fingerprint density at radius 2 is 1.48 bits per heavy atom. The number of thiophene rings is 1. The van der Waals surface area contributed by atoms with Gasteiger partial charge >= 0.3 is 0 Å². The molecule has 0 fully saturated rings. The summed E-state index contributed by atoms with van der Waals surface area (Å²) in [5, 5.41) is 1.40. The van der Waals surface area contributed by atoms with E-state index < -0.39 is 0 Å². The number of para-hydroxylation sites is 1. The average molecular weight is 714 g/mol. The zero-order valence-corrected chi connectivity index (χ0v) is 31.5. The van der Waals surface area contributed by atoms with Gasteiger partial charge in [0.05, 0.1) is 6.04 Å². The third-order valence-electron chi connectivity index (χ3n) is 13.0. The van der Waals surface area contributed by atoms with Gasteiger partial charge in [0.15, 0.2) is 0 Å². The molecule has 5 atom stereocenters. The van der Waals surface area contributed by atoms with Crippen molar-refractivity contribution in [2.75, 3.05) is 4.90 Å². The van der Waals surface area contributed by atoms with Crippen molar-refractivity contribution in [3.05, 3.63) is 202 Å². The van der Waals surface area contributed by atoms with Crippen LogP contribution in [0.1, 0.15) is 82.2 Å². The molecule has 0 saturated heterocycles. The van der Waals surface area contributed by atoms with Crippen molar-refractivity contribution >= 4 is 44.3 Å². The van der Waals surface area contributed by atoms with Crippen molar-refractivity contribution in [2.24, 2.45) is 5.92 Å². The molecule has 262 valence electrons. The van der Waals surface area contributed by atoms with Crippen LogP contribution in [-0.2, 0) is 6.42 Å². The number of fused-ring (bicyclic) bond motifs is 9. The summed E-state index contributed by atoms with van der Waals surface area (Å²) < 4.78 is 1.40. The second-order valence-corrected chi connectivity index (χ2v) is 17.0. The molecule has 5 aromatic carbocycles. The van der Waals surface area contributed by atoms with Crippen LogP contribution in [0.2, 0.25) is 0 Å². The molecule has 6 aromatic rings. The molecule has 0 N–H and O–H groups in total. The van der Waals surface area contributed by atoms with Gasteiger partial charge in [0.2, 0.25) is 0 Å². The van der Waals surface area contributed by atoms with Crippen molar-refractivity contribution < 1.29 is 0 Å². The third kappa shape index (κ3) is 5.18. The Bertz CT molecular complexity index is 2610. The Kier molecular flexibility index (Phi) is 7.62. The van der Waals surface area contributed by atoms with E-state index in [9.17, 15) is 0 Å². The number of hydrogen-bond donors (Lipinski definition) is 0. The van der Waals surface area contributed by atoms with E-state index in [1.807, 2.05) is 11.3 Å². The monoisotopic (exact) mass is 713 g/mol. The number of aryl methyl sites for hydroxylation is 1. The van der Waals surface area contributed by atoms with Gasteiger partial charge in [-0.15, -0.1) is 11.3 Å². The minimum Gasteiger partial charge on any atom is -0.337 e. The minimum atomic E-state index is 0.256. The van der Waals surface area contributed by atoms with Crippen LogP contribution in [0.5, 0.6) is 0 Å². The highest BCUT2D eigenvalue weighted by Gasteiger charge is 2.40. The van der Waals surface area contributed by atoms with Gasteiger partial charge in [0, 0.05) is 32.3 Å². The molecule has 2 heteroatoms. The van der Waals surface area contributed by atoms with Crippen molar-refractivity contribution in [1.29, 1.82) is 0 Å². The number of benzene rings is 5. The van der Waals surface area contributed by atoms with Crippen LogP contribution < -0.4 is 4.90 Å². The lowest BCUT2D eigenvalue weighted by Crippen LogP contribution is -2.33. The predicted octanol–water partition coefficient (Wildman–Crippen LogP) is 13.7. The van der Waals surface area contributed by atoms with E-state index in [-0.39, 0.29) is 6.04 Å². The first-order valence-corrected chi connectivity index (χ1v) is 20.7. The molecule has 1 nitrogen and oxygen atoms in total. The summed E-state index contributed by atoms with van der Waals surface area (Å²) in [6.45, 7) is 2.47. The lowest BCUT2D eigenvalue weighted by Gasteiger charge is -2.36. The third-order valence-corrected chi connectivity index (χ3v) is 14.2. The van der Waals surface area contributed by atoms with Crippen molar-refractivity contribution in [3.63, 3.8) is 0 Å². The molecule has 5 aliphatic rings. The highest BCUT2D eigenvalue weighted by atomic mass is 32.1. The van der Waals surface area contributed by atoms with E-state index in [2.05, 4.69) is 176 Å². The number of nitrogens with zero attached hydrogens (tertiary/aromatic N) is 1. The summed E-state index contributed by atoms with van der Waals surface area (Å²) in [7, 11) is 0. The van der Waals surface area contributed by atoms with Crippen molar-refractivity contribution in [1.82, 2.24) is 0 Å². The van der Waals surface area contributed by atoms with E-state index in [1.165, 1.54) is 88.4 Å². The quantitative estimate of drug-likeness (QED) is 0.172. The van der Waals surface area contributed by atoms with Gasteiger partial charge in [-0.25, -0.2) is 0 Å². The van der Waals surface area contributed by atoms with Gasteiger partial charge in [-0.3, -0.25) is 0 Å². The lowest BCUT2D eigenvalue weighted by molar-refractivity contribution is 0.455. The highest BCUT2D eigenvalue weighted by molar-refractivity contribution is 7.19. The lowest BCUT2D eigenvalue weighted by atomic mass is 9.68. The normalized spacial score (nSPS) is 23.5.